The molecule has 0 aliphatic heterocycles. The molecule has 15 nitrogen and oxygen atoms in total. The summed E-state index contributed by atoms with van der Waals surface area (Å²) in [6.45, 7) is 20.1. The number of ether oxygens (including phenoxy) is 1. The van der Waals surface area contributed by atoms with Crippen molar-refractivity contribution in [3.05, 3.63) is 29.3 Å². The van der Waals surface area contributed by atoms with Crippen LogP contribution in [0.2, 0.25) is 16.6 Å². The molecule has 0 spiro atoms. The zero-order valence-corrected chi connectivity index (χ0v) is 43.2. The summed E-state index contributed by atoms with van der Waals surface area (Å²) in [6, 6.07) is 4.21. The molecular formula is C47H87N4O11PSi. The van der Waals surface area contributed by atoms with Crippen molar-refractivity contribution in [3.63, 3.8) is 0 Å². The van der Waals surface area contributed by atoms with Gasteiger partial charge in [0.15, 0.2) is 6.29 Å². The maximum atomic E-state index is 14.0. The van der Waals surface area contributed by atoms with Crippen LogP contribution in [0.15, 0.2) is 18.2 Å². The van der Waals surface area contributed by atoms with Gasteiger partial charge in [0.25, 0.3) is 5.91 Å². The van der Waals surface area contributed by atoms with E-state index < -0.39 is 64.3 Å². The molecule has 3 atom stereocenters. The molecule has 0 radical (unpaired) electrons. The first-order valence-corrected chi connectivity index (χ1v) is 27.9. The largest absolute Gasteiger partial charge is 0.491 e. The molecule has 1 aromatic rings. The number of nitrogens with one attached hydrogen (secondary N) is 3. The molecular weight excluding hydrogens is 856 g/mol. The van der Waals surface area contributed by atoms with Crippen molar-refractivity contribution in [1.29, 1.82) is 0 Å². The highest BCUT2D eigenvalue weighted by Crippen LogP contribution is 2.48. The number of aliphatic hydroxyl groups is 1. The van der Waals surface area contributed by atoms with E-state index in [0.717, 1.165) is 36.1 Å². The second-order valence-corrected chi connectivity index (χ2v) is 25.5. The minimum absolute atomic E-state index is 0.0335. The third-order valence-electron chi connectivity index (χ3n) is 11.8. The number of hydrogen-bond donors (Lipinski definition) is 5. The molecule has 0 aliphatic carbocycles. The van der Waals surface area contributed by atoms with Gasteiger partial charge in [0.2, 0.25) is 20.1 Å². The average Bonchev–Trinajstić information content (AvgIpc) is 3.21. The van der Waals surface area contributed by atoms with Crippen LogP contribution in [0.25, 0.3) is 0 Å². The highest BCUT2D eigenvalue weighted by Gasteiger charge is 2.47. The summed E-state index contributed by atoms with van der Waals surface area (Å²) in [7, 11) is -4.73. The lowest BCUT2D eigenvalue weighted by atomic mass is 10.0. The molecule has 0 aliphatic rings. The summed E-state index contributed by atoms with van der Waals surface area (Å²) < 4.78 is 36.5. The minimum atomic E-state index is -3.69. The molecule has 0 bridgehead atoms. The van der Waals surface area contributed by atoms with E-state index in [9.17, 15) is 28.8 Å². The number of carbonyl (C=O) groups excluding carboxylic acids is 3. The normalized spacial score (nSPS) is 13.5. The molecule has 0 fully saturated rings. The van der Waals surface area contributed by atoms with Crippen LogP contribution in [0.3, 0.4) is 0 Å². The van der Waals surface area contributed by atoms with Crippen molar-refractivity contribution < 1.29 is 52.2 Å². The summed E-state index contributed by atoms with van der Waals surface area (Å²) in [5.41, 5.74) is 1.96. The lowest BCUT2D eigenvalue weighted by Gasteiger charge is -2.44. The standard InChI is InChI=1S/C47H87N4O11PSi/c1-12-15-16-17-18-19-20-21-22-23-26-39-28-29-41(45(54)49-38(10)46(55)62-64(35(4)5,36(6)7)37(8)9)42(31-39)59-33-40(27-24-25-30-48-47(56)57)50-43(52)32-51(11)44(53)34-63(58,60-13-2)61-14-3/h28-29,31,35-38,40,46,48,55H,12-27,30,32-34H2,1-11H3,(H,49,54)(H,50,52)(H,56,57)/t38?,40-,46+/m0/s1. The Morgan fingerprint density at radius 1 is 0.781 bits per heavy atom. The summed E-state index contributed by atoms with van der Waals surface area (Å²) in [5, 5.41) is 28.7. The molecule has 0 aromatic heterocycles. The van der Waals surface area contributed by atoms with Crippen molar-refractivity contribution in [3.8, 4) is 5.75 Å². The predicted molar refractivity (Wildman–Crippen MR) is 258 cm³/mol. The number of aliphatic hydroxyl groups excluding tert-OH is 1. The maximum absolute atomic E-state index is 14.0. The molecule has 370 valence electrons. The number of nitrogens with zero attached hydrogens (tertiary/aromatic N) is 1. The Balaban J connectivity index is 3.32. The smallest absolute Gasteiger partial charge is 0.404 e. The predicted octanol–water partition coefficient (Wildman–Crippen LogP) is 9.80. The molecule has 0 saturated heterocycles. The Bertz CT molecular complexity index is 1530. The van der Waals surface area contributed by atoms with E-state index in [1.807, 2.05) is 12.1 Å². The van der Waals surface area contributed by atoms with Gasteiger partial charge < -0.3 is 49.3 Å². The van der Waals surface area contributed by atoms with Gasteiger partial charge in [-0.3, -0.25) is 18.9 Å². The van der Waals surface area contributed by atoms with Gasteiger partial charge in [-0.2, -0.15) is 0 Å². The molecule has 4 amide bonds. The molecule has 5 N–H and O–H groups in total. The molecule has 64 heavy (non-hydrogen) atoms. The summed E-state index contributed by atoms with van der Waals surface area (Å²) in [4.78, 5) is 52.7. The second-order valence-electron chi connectivity index (χ2n) is 18.0. The third-order valence-corrected chi connectivity index (χ3v) is 19.8. The molecule has 0 saturated carbocycles. The van der Waals surface area contributed by atoms with Gasteiger partial charge in [-0.05, 0) is 87.2 Å². The van der Waals surface area contributed by atoms with E-state index in [2.05, 4.69) is 64.4 Å². The monoisotopic (exact) mass is 943 g/mol. The van der Waals surface area contributed by atoms with Crippen LogP contribution < -0.4 is 20.7 Å². The van der Waals surface area contributed by atoms with Gasteiger partial charge in [0.05, 0.1) is 37.4 Å². The average molecular weight is 943 g/mol. The van der Waals surface area contributed by atoms with Gasteiger partial charge in [0, 0.05) is 13.6 Å². The molecule has 1 unspecified atom stereocenters. The van der Waals surface area contributed by atoms with E-state index in [1.54, 1.807) is 26.8 Å². The first-order valence-electron chi connectivity index (χ1n) is 24.1. The Morgan fingerprint density at radius 2 is 1.34 bits per heavy atom. The number of hydrogen-bond acceptors (Lipinski definition) is 10. The van der Waals surface area contributed by atoms with Crippen molar-refractivity contribution >= 4 is 39.7 Å². The van der Waals surface area contributed by atoms with Crippen molar-refractivity contribution in [1.82, 2.24) is 20.9 Å². The Kier molecular flexibility index (Phi) is 29.3. The van der Waals surface area contributed by atoms with Crippen LogP contribution >= 0.6 is 7.60 Å². The van der Waals surface area contributed by atoms with Crippen LogP contribution in [0.4, 0.5) is 4.79 Å². The zero-order valence-electron chi connectivity index (χ0n) is 41.3. The van der Waals surface area contributed by atoms with Crippen molar-refractivity contribution in [2.75, 3.05) is 46.1 Å². The van der Waals surface area contributed by atoms with E-state index in [4.69, 9.17) is 23.3 Å². The highest BCUT2D eigenvalue weighted by atomic mass is 31.2. The molecule has 1 rings (SSSR count). The van der Waals surface area contributed by atoms with Crippen LogP contribution in [-0.2, 0) is 34.0 Å². The Morgan fingerprint density at radius 3 is 1.88 bits per heavy atom. The van der Waals surface area contributed by atoms with Crippen LogP contribution in [-0.4, -0.2) is 112 Å². The summed E-state index contributed by atoms with van der Waals surface area (Å²) >= 11 is 0. The fraction of sp³-hybridized carbons (Fsp3) is 0.787. The highest BCUT2D eigenvalue weighted by molar-refractivity contribution is 7.54. The van der Waals surface area contributed by atoms with Crippen LogP contribution in [0.1, 0.15) is 169 Å². The number of benzene rings is 1. The van der Waals surface area contributed by atoms with Crippen LogP contribution in [0, 0.1) is 0 Å². The lowest BCUT2D eigenvalue weighted by Crippen LogP contribution is -2.54. The van der Waals surface area contributed by atoms with Crippen molar-refractivity contribution in [2.45, 2.75) is 194 Å². The zero-order chi connectivity index (χ0) is 48.3. The fourth-order valence-corrected chi connectivity index (χ4v) is 15.5. The number of likely N-dealkylation sites (N-methyl/N-ethyl adjacent to an activating group) is 1. The SMILES string of the molecule is CCCCCCCCCCCCc1ccc(C(=O)NC(C)[C@H](O)O[Si](C(C)C)(C(C)C)C(C)C)c(OC[C@H](CCCCNC(=O)O)NC(=O)CN(C)C(=O)CP(=O)(OCC)OCC)c1. The van der Waals surface area contributed by atoms with E-state index >= 15 is 0 Å². The van der Waals surface area contributed by atoms with E-state index in [1.165, 1.54) is 52.0 Å². The molecule has 17 heteroatoms. The van der Waals surface area contributed by atoms with Crippen LogP contribution in [0.5, 0.6) is 5.75 Å². The molecule has 1 aromatic carbocycles. The minimum Gasteiger partial charge on any atom is -0.491 e. The number of rotatable bonds is 36. The second kappa shape index (κ2) is 31.8. The third kappa shape index (κ3) is 22.0. The van der Waals surface area contributed by atoms with Gasteiger partial charge in [-0.25, -0.2) is 4.79 Å². The fourth-order valence-electron chi connectivity index (χ4n) is 8.40. The molecule has 0 heterocycles. The number of carbonyl (C=O) groups is 4. The topological polar surface area (TPSA) is 202 Å². The van der Waals surface area contributed by atoms with Gasteiger partial charge in [0.1, 0.15) is 18.5 Å². The van der Waals surface area contributed by atoms with Gasteiger partial charge >= 0.3 is 13.7 Å². The first-order chi connectivity index (χ1) is 30.3. The van der Waals surface area contributed by atoms with Gasteiger partial charge in [-0.1, -0.05) is 112 Å². The summed E-state index contributed by atoms with van der Waals surface area (Å²) in [5.74, 6) is -1.20. The lowest BCUT2D eigenvalue weighted by molar-refractivity contribution is -0.133. The number of carboxylic acid groups (broad SMARTS) is 1. The first kappa shape index (κ1) is 59.0. The Labute approximate surface area is 386 Å². The summed E-state index contributed by atoms with van der Waals surface area (Å²) in [6.07, 6.45) is 11.5. The van der Waals surface area contributed by atoms with E-state index in [0.29, 0.717) is 25.0 Å². The van der Waals surface area contributed by atoms with E-state index in [-0.39, 0.29) is 55.1 Å². The quantitative estimate of drug-likeness (QED) is 0.0186. The number of amides is 4. The van der Waals surface area contributed by atoms with Gasteiger partial charge in [-0.15, -0.1) is 0 Å². The number of unbranched alkanes of at least 4 members (excludes halogenated alkanes) is 10. The Hall–Kier alpha value is -3.01. The van der Waals surface area contributed by atoms with Crippen molar-refractivity contribution in [2.24, 2.45) is 0 Å². The number of aryl methyl sites for hydroxylation is 1. The maximum Gasteiger partial charge on any atom is 0.404 e.